The number of fused-ring (bicyclic) bond motifs is 1. The number of aromatic nitrogens is 1. The topological polar surface area (TPSA) is 16.1 Å². The minimum Gasteiger partial charge on any atom is -0.299 e. The van der Waals surface area contributed by atoms with Gasteiger partial charge in [0.2, 0.25) is 0 Å². The maximum Gasteiger partial charge on any atom is 0.0507 e. The summed E-state index contributed by atoms with van der Waals surface area (Å²) in [6, 6.07) is 8.87. The Morgan fingerprint density at radius 1 is 1.05 bits per heavy atom. The Bertz CT molecular complexity index is 583. The minimum atomic E-state index is 0.476. The molecule has 0 atom stereocenters. The highest BCUT2D eigenvalue weighted by molar-refractivity contribution is 5.87. The number of hydrogen-bond acceptors (Lipinski definition) is 2. The second-order valence-corrected chi connectivity index (χ2v) is 6.20. The first kappa shape index (κ1) is 13.6. The Kier molecular flexibility index (Phi) is 4.02. The van der Waals surface area contributed by atoms with Crippen LogP contribution in [0.4, 0.5) is 0 Å². The number of pyridine rings is 1. The van der Waals surface area contributed by atoms with Gasteiger partial charge in [-0.05, 0) is 48.9 Å². The normalized spacial score (nSPS) is 16.9. The van der Waals surface area contributed by atoms with E-state index in [-0.39, 0.29) is 0 Å². The predicted octanol–water partition coefficient (Wildman–Crippen LogP) is 4.34. The molecule has 2 heterocycles. The van der Waals surface area contributed by atoms with E-state index in [4.69, 9.17) is 0 Å². The molecular formula is C18H24N2. The Balaban J connectivity index is 1.96. The van der Waals surface area contributed by atoms with Gasteiger partial charge in [0.25, 0.3) is 0 Å². The van der Waals surface area contributed by atoms with E-state index >= 15 is 0 Å². The van der Waals surface area contributed by atoms with Gasteiger partial charge in [0, 0.05) is 18.1 Å². The SMILES string of the molecule is CC(C)c1nccc2c(CN3CCCCC3)cccc12. The lowest BCUT2D eigenvalue weighted by molar-refractivity contribution is 0.221. The molecule has 1 aliphatic rings. The fourth-order valence-corrected chi connectivity index (χ4v) is 3.25. The van der Waals surface area contributed by atoms with E-state index in [1.165, 1.54) is 54.4 Å². The zero-order valence-electron chi connectivity index (χ0n) is 12.6. The molecular weight excluding hydrogens is 244 g/mol. The van der Waals surface area contributed by atoms with Gasteiger partial charge in [0.1, 0.15) is 0 Å². The first-order valence-corrected chi connectivity index (χ1v) is 7.84. The van der Waals surface area contributed by atoms with Crippen LogP contribution in [-0.2, 0) is 6.54 Å². The van der Waals surface area contributed by atoms with Gasteiger partial charge < -0.3 is 0 Å². The molecule has 0 N–H and O–H groups in total. The predicted molar refractivity (Wildman–Crippen MR) is 85.0 cm³/mol. The highest BCUT2D eigenvalue weighted by atomic mass is 15.1. The molecule has 0 saturated carbocycles. The lowest BCUT2D eigenvalue weighted by Gasteiger charge is -2.27. The number of benzene rings is 1. The van der Waals surface area contributed by atoms with Crippen LogP contribution in [0.2, 0.25) is 0 Å². The summed E-state index contributed by atoms with van der Waals surface area (Å²) in [5.41, 5.74) is 2.68. The zero-order chi connectivity index (χ0) is 13.9. The minimum absolute atomic E-state index is 0.476. The molecule has 0 radical (unpaired) electrons. The van der Waals surface area contributed by atoms with Crippen LogP contribution in [0, 0.1) is 0 Å². The Morgan fingerprint density at radius 3 is 2.60 bits per heavy atom. The second-order valence-electron chi connectivity index (χ2n) is 6.20. The van der Waals surface area contributed by atoms with Gasteiger partial charge in [-0.1, -0.05) is 38.5 Å². The standard InChI is InChI=1S/C18H24N2/c1-14(2)18-17-8-6-7-15(16(17)9-10-19-18)13-20-11-4-3-5-12-20/h6-10,14H,3-5,11-13H2,1-2H3. The lowest BCUT2D eigenvalue weighted by Crippen LogP contribution is -2.29. The molecule has 0 amide bonds. The van der Waals surface area contributed by atoms with Gasteiger partial charge in [-0.3, -0.25) is 9.88 Å². The first-order valence-electron chi connectivity index (χ1n) is 7.84. The Labute approximate surface area is 121 Å². The molecule has 106 valence electrons. The quantitative estimate of drug-likeness (QED) is 0.823. The van der Waals surface area contributed by atoms with Crippen molar-refractivity contribution < 1.29 is 0 Å². The molecule has 2 aromatic rings. The van der Waals surface area contributed by atoms with Gasteiger partial charge in [-0.2, -0.15) is 0 Å². The third-order valence-electron chi connectivity index (χ3n) is 4.32. The molecule has 0 aliphatic carbocycles. The fraction of sp³-hybridized carbons (Fsp3) is 0.500. The monoisotopic (exact) mass is 268 g/mol. The van der Waals surface area contributed by atoms with Crippen molar-refractivity contribution in [3.63, 3.8) is 0 Å². The molecule has 20 heavy (non-hydrogen) atoms. The number of piperidine rings is 1. The van der Waals surface area contributed by atoms with Crippen molar-refractivity contribution in [2.24, 2.45) is 0 Å². The summed E-state index contributed by atoms with van der Waals surface area (Å²) in [7, 11) is 0. The molecule has 3 rings (SSSR count). The molecule has 1 aromatic heterocycles. The summed E-state index contributed by atoms with van der Waals surface area (Å²) < 4.78 is 0. The van der Waals surface area contributed by atoms with Crippen molar-refractivity contribution in [3.8, 4) is 0 Å². The molecule has 2 nitrogen and oxygen atoms in total. The molecule has 1 aliphatic heterocycles. The van der Waals surface area contributed by atoms with Crippen LogP contribution in [0.15, 0.2) is 30.5 Å². The van der Waals surface area contributed by atoms with E-state index in [2.05, 4.69) is 48.0 Å². The summed E-state index contributed by atoms with van der Waals surface area (Å²) in [5.74, 6) is 0.476. The zero-order valence-corrected chi connectivity index (χ0v) is 12.6. The molecule has 0 unspecified atom stereocenters. The van der Waals surface area contributed by atoms with Crippen LogP contribution in [0.3, 0.4) is 0 Å². The van der Waals surface area contributed by atoms with Crippen molar-refractivity contribution in [2.75, 3.05) is 13.1 Å². The van der Waals surface area contributed by atoms with E-state index in [9.17, 15) is 0 Å². The fourth-order valence-electron chi connectivity index (χ4n) is 3.25. The lowest BCUT2D eigenvalue weighted by atomic mass is 9.98. The van der Waals surface area contributed by atoms with Gasteiger partial charge in [-0.15, -0.1) is 0 Å². The number of nitrogens with zero attached hydrogens (tertiary/aromatic N) is 2. The largest absolute Gasteiger partial charge is 0.299 e. The van der Waals surface area contributed by atoms with Crippen LogP contribution in [0.1, 0.15) is 50.3 Å². The molecule has 0 bridgehead atoms. The van der Waals surface area contributed by atoms with E-state index in [0.29, 0.717) is 5.92 Å². The van der Waals surface area contributed by atoms with Gasteiger partial charge in [0.05, 0.1) is 5.69 Å². The van der Waals surface area contributed by atoms with Crippen LogP contribution >= 0.6 is 0 Å². The number of rotatable bonds is 3. The maximum atomic E-state index is 4.58. The summed E-state index contributed by atoms with van der Waals surface area (Å²) in [6.07, 6.45) is 6.07. The first-order chi connectivity index (χ1) is 9.75. The molecule has 1 saturated heterocycles. The molecule has 0 spiro atoms. The smallest absolute Gasteiger partial charge is 0.0507 e. The average Bonchev–Trinajstić information content (AvgIpc) is 2.48. The number of likely N-dealkylation sites (tertiary alicyclic amines) is 1. The highest BCUT2D eigenvalue weighted by Crippen LogP contribution is 2.27. The van der Waals surface area contributed by atoms with Gasteiger partial charge >= 0.3 is 0 Å². The van der Waals surface area contributed by atoms with Crippen molar-refractivity contribution >= 4 is 10.8 Å². The van der Waals surface area contributed by atoms with Crippen molar-refractivity contribution in [1.29, 1.82) is 0 Å². The summed E-state index contributed by atoms with van der Waals surface area (Å²) in [6.45, 7) is 8.02. The van der Waals surface area contributed by atoms with E-state index in [1.807, 2.05) is 6.20 Å². The summed E-state index contributed by atoms with van der Waals surface area (Å²) >= 11 is 0. The maximum absolute atomic E-state index is 4.58. The van der Waals surface area contributed by atoms with Crippen LogP contribution in [0.25, 0.3) is 10.8 Å². The molecule has 2 heteroatoms. The number of hydrogen-bond donors (Lipinski definition) is 0. The second kappa shape index (κ2) is 5.92. The Morgan fingerprint density at radius 2 is 1.85 bits per heavy atom. The highest BCUT2D eigenvalue weighted by Gasteiger charge is 2.13. The van der Waals surface area contributed by atoms with Crippen molar-refractivity contribution in [2.45, 2.75) is 45.6 Å². The van der Waals surface area contributed by atoms with E-state index < -0.39 is 0 Å². The van der Waals surface area contributed by atoms with Crippen LogP contribution in [-0.4, -0.2) is 23.0 Å². The third kappa shape index (κ3) is 2.71. The third-order valence-corrected chi connectivity index (χ3v) is 4.32. The van der Waals surface area contributed by atoms with Gasteiger partial charge in [-0.25, -0.2) is 0 Å². The van der Waals surface area contributed by atoms with Crippen LogP contribution in [0.5, 0.6) is 0 Å². The van der Waals surface area contributed by atoms with Crippen LogP contribution < -0.4 is 0 Å². The van der Waals surface area contributed by atoms with Gasteiger partial charge in [0.15, 0.2) is 0 Å². The summed E-state index contributed by atoms with van der Waals surface area (Å²) in [5, 5.41) is 2.72. The summed E-state index contributed by atoms with van der Waals surface area (Å²) in [4.78, 5) is 7.17. The Hall–Kier alpha value is -1.41. The van der Waals surface area contributed by atoms with Crippen molar-refractivity contribution in [3.05, 3.63) is 41.7 Å². The van der Waals surface area contributed by atoms with E-state index in [0.717, 1.165) is 6.54 Å². The average molecular weight is 268 g/mol. The molecule has 1 fully saturated rings. The van der Waals surface area contributed by atoms with E-state index in [1.54, 1.807) is 0 Å². The molecule has 1 aromatic carbocycles. The van der Waals surface area contributed by atoms with Crippen molar-refractivity contribution in [1.82, 2.24) is 9.88 Å².